The number of amides is 2. The van der Waals surface area contributed by atoms with Crippen LogP contribution in [-0.2, 0) is 4.74 Å². The van der Waals surface area contributed by atoms with E-state index in [0.29, 0.717) is 24.3 Å². The van der Waals surface area contributed by atoms with Crippen LogP contribution >= 0.6 is 0 Å². The Morgan fingerprint density at radius 3 is 2.67 bits per heavy atom. The molecule has 5 nitrogen and oxygen atoms in total. The van der Waals surface area contributed by atoms with Crippen LogP contribution in [0.25, 0.3) is 0 Å². The zero-order valence-corrected chi connectivity index (χ0v) is 12.2. The second-order valence-electron chi connectivity index (χ2n) is 5.63. The molecule has 0 spiro atoms. The Kier molecular flexibility index (Phi) is 4.03. The molecule has 0 bridgehead atoms. The van der Waals surface area contributed by atoms with Gasteiger partial charge in [0.05, 0.1) is 30.4 Å². The molecule has 2 amide bonds. The van der Waals surface area contributed by atoms with Gasteiger partial charge in [0.2, 0.25) is 0 Å². The van der Waals surface area contributed by atoms with E-state index in [2.05, 4.69) is 5.32 Å². The van der Waals surface area contributed by atoms with Gasteiger partial charge in [-0.15, -0.1) is 0 Å². The fourth-order valence-electron chi connectivity index (χ4n) is 2.88. The summed E-state index contributed by atoms with van der Waals surface area (Å²) in [6.07, 6.45) is 2.21. The maximum atomic E-state index is 12.3. The number of aryl methyl sites for hydroxylation is 1. The van der Waals surface area contributed by atoms with Crippen molar-refractivity contribution in [1.82, 2.24) is 10.2 Å². The average Bonchev–Trinajstić information content (AvgIpc) is 2.73. The molecule has 2 aliphatic heterocycles. The van der Waals surface area contributed by atoms with E-state index in [1.54, 1.807) is 12.1 Å². The number of fused-ring (bicyclic) bond motifs is 1. The van der Waals surface area contributed by atoms with E-state index in [1.165, 1.54) is 4.90 Å². The Bertz CT molecular complexity index is 565. The first-order chi connectivity index (χ1) is 10.2. The van der Waals surface area contributed by atoms with Gasteiger partial charge in [-0.3, -0.25) is 14.5 Å². The molecule has 1 fully saturated rings. The highest BCUT2D eigenvalue weighted by atomic mass is 16.5. The fraction of sp³-hybridized carbons (Fsp3) is 0.500. The number of nitrogens with one attached hydrogen (secondary N) is 1. The first-order valence-corrected chi connectivity index (χ1v) is 7.46. The summed E-state index contributed by atoms with van der Waals surface area (Å²) < 4.78 is 5.78. The number of carbonyl (C=O) groups excluding carboxylic acids is 2. The minimum atomic E-state index is -0.205. The zero-order chi connectivity index (χ0) is 14.8. The monoisotopic (exact) mass is 288 g/mol. The number of piperidine rings is 1. The van der Waals surface area contributed by atoms with Crippen LogP contribution in [-0.4, -0.2) is 49.1 Å². The number of hydrogen-bond donors (Lipinski definition) is 1. The second-order valence-corrected chi connectivity index (χ2v) is 5.63. The van der Waals surface area contributed by atoms with Gasteiger partial charge in [-0.2, -0.15) is 0 Å². The normalized spacial score (nSPS) is 19.2. The molecule has 0 aromatic heterocycles. The van der Waals surface area contributed by atoms with Crippen molar-refractivity contribution in [2.45, 2.75) is 25.9 Å². The molecule has 1 aromatic carbocycles. The van der Waals surface area contributed by atoms with Crippen molar-refractivity contribution in [3.05, 3.63) is 34.9 Å². The van der Waals surface area contributed by atoms with Crippen molar-refractivity contribution in [3.8, 4) is 0 Å². The number of rotatable bonds is 4. The van der Waals surface area contributed by atoms with E-state index in [9.17, 15) is 9.59 Å². The predicted octanol–water partition coefficient (Wildman–Crippen LogP) is 1.36. The van der Waals surface area contributed by atoms with E-state index < -0.39 is 0 Å². The van der Waals surface area contributed by atoms with E-state index in [-0.39, 0.29) is 17.9 Å². The molecule has 1 N–H and O–H groups in total. The van der Waals surface area contributed by atoms with E-state index in [1.807, 2.05) is 13.0 Å². The van der Waals surface area contributed by atoms with Crippen LogP contribution in [0.15, 0.2) is 18.2 Å². The average molecular weight is 288 g/mol. The van der Waals surface area contributed by atoms with Gasteiger partial charge in [-0.25, -0.2) is 0 Å². The first kappa shape index (κ1) is 14.2. The number of benzene rings is 1. The van der Waals surface area contributed by atoms with Crippen molar-refractivity contribution in [2.24, 2.45) is 0 Å². The maximum Gasteiger partial charge on any atom is 0.261 e. The third kappa shape index (κ3) is 2.84. The molecule has 1 saturated heterocycles. The summed E-state index contributed by atoms with van der Waals surface area (Å²) in [5.74, 6) is -0.406. The Balaban J connectivity index is 1.59. The molecule has 21 heavy (non-hydrogen) atoms. The second kappa shape index (κ2) is 5.95. The highest BCUT2D eigenvalue weighted by molar-refractivity contribution is 6.21. The van der Waals surface area contributed by atoms with Gasteiger partial charge in [0.25, 0.3) is 11.8 Å². The van der Waals surface area contributed by atoms with Crippen LogP contribution < -0.4 is 5.32 Å². The largest absolute Gasteiger partial charge is 0.376 e. The van der Waals surface area contributed by atoms with Crippen LogP contribution in [0.1, 0.15) is 39.1 Å². The molecule has 0 atom stereocenters. The van der Waals surface area contributed by atoms with Gasteiger partial charge in [0.15, 0.2) is 0 Å². The number of imide groups is 1. The fourth-order valence-corrected chi connectivity index (χ4v) is 2.88. The Hall–Kier alpha value is -1.72. The SMILES string of the molecule is Cc1ccc2c(c1)C(=O)N(CCOC1CCNCC1)C2=O. The lowest BCUT2D eigenvalue weighted by Crippen LogP contribution is -2.36. The van der Waals surface area contributed by atoms with Crippen LogP contribution in [0, 0.1) is 6.92 Å². The number of ether oxygens (including phenoxy) is 1. The topological polar surface area (TPSA) is 58.6 Å². The van der Waals surface area contributed by atoms with Crippen molar-refractivity contribution >= 4 is 11.8 Å². The summed E-state index contributed by atoms with van der Waals surface area (Å²) in [6.45, 7) is 4.60. The molecule has 1 aromatic rings. The lowest BCUT2D eigenvalue weighted by Gasteiger charge is -2.24. The van der Waals surface area contributed by atoms with Crippen LogP contribution in [0.3, 0.4) is 0 Å². The molecule has 0 unspecified atom stereocenters. The zero-order valence-electron chi connectivity index (χ0n) is 12.2. The molecule has 5 heteroatoms. The van der Waals surface area contributed by atoms with Gasteiger partial charge in [-0.05, 0) is 45.0 Å². The quantitative estimate of drug-likeness (QED) is 0.850. The standard InChI is InChI=1S/C16H20N2O3/c1-11-2-3-13-14(10-11)16(20)18(15(13)19)8-9-21-12-4-6-17-7-5-12/h2-3,10,12,17H,4-9H2,1H3. The summed E-state index contributed by atoms with van der Waals surface area (Å²) in [7, 11) is 0. The molecule has 3 rings (SSSR count). The van der Waals surface area contributed by atoms with E-state index in [0.717, 1.165) is 31.5 Å². The summed E-state index contributed by atoms with van der Waals surface area (Å²) >= 11 is 0. The minimum Gasteiger partial charge on any atom is -0.376 e. The van der Waals surface area contributed by atoms with Crippen molar-refractivity contribution in [3.63, 3.8) is 0 Å². The molecule has 112 valence electrons. The van der Waals surface area contributed by atoms with Crippen molar-refractivity contribution < 1.29 is 14.3 Å². The minimum absolute atomic E-state index is 0.201. The molecule has 0 saturated carbocycles. The highest BCUT2D eigenvalue weighted by Gasteiger charge is 2.35. The van der Waals surface area contributed by atoms with E-state index in [4.69, 9.17) is 4.74 Å². The summed E-state index contributed by atoms with van der Waals surface area (Å²) in [6, 6.07) is 5.38. The van der Waals surface area contributed by atoms with Crippen molar-refractivity contribution in [1.29, 1.82) is 0 Å². The van der Waals surface area contributed by atoms with Crippen molar-refractivity contribution in [2.75, 3.05) is 26.2 Å². The molecule has 2 aliphatic rings. The Labute approximate surface area is 124 Å². The van der Waals surface area contributed by atoms with Gasteiger partial charge >= 0.3 is 0 Å². The number of hydrogen-bond acceptors (Lipinski definition) is 4. The maximum absolute atomic E-state index is 12.3. The van der Waals surface area contributed by atoms with Crippen LogP contribution in [0.2, 0.25) is 0 Å². The molecular formula is C16H20N2O3. The third-order valence-electron chi connectivity index (χ3n) is 4.08. The Morgan fingerprint density at radius 1 is 1.19 bits per heavy atom. The first-order valence-electron chi connectivity index (χ1n) is 7.46. The third-order valence-corrected chi connectivity index (χ3v) is 4.08. The van der Waals surface area contributed by atoms with Crippen LogP contribution in [0.5, 0.6) is 0 Å². The lowest BCUT2D eigenvalue weighted by atomic mass is 10.1. The van der Waals surface area contributed by atoms with Gasteiger partial charge in [-0.1, -0.05) is 11.6 Å². The summed E-state index contributed by atoms with van der Waals surface area (Å²) in [5.41, 5.74) is 2.01. The van der Waals surface area contributed by atoms with E-state index >= 15 is 0 Å². The summed E-state index contributed by atoms with van der Waals surface area (Å²) in [5, 5.41) is 3.28. The highest BCUT2D eigenvalue weighted by Crippen LogP contribution is 2.23. The number of carbonyl (C=O) groups is 2. The smallest absolute Gasteiger partial charge is 0.261 e. The van der Waals surface area contributed by atoms with Crippen LogP contribution in [0.4, 0.5) is 0 Å². The summed E-state index contributed by atoms with van der Waals surface area (Å²) in [4.78, 5) is 25.8. The van der Waals surface area contributed by atoms with Gasteiger partial charge in [0, 0.05) is 0 Å². The van der Waals surface area contributed by atoms with Gasteiger partial charge in [0.1, 0.15) is 0 Å². The Morgan fingerprint density at radius 2 is 1.90 bits per heavy atom. The predicted molar refractivity (Wildman–Crippen MR) is 78.4 cm³/mol. The lowest BCUT2D eigenvalue weighted by molar-refractivity contribution is 0.0201. The van der Waals surface area contributed by atoms with Gasteiger partial charge < -0.3 is 10.1 Å². The molecular weight excluding hydrogens is 268 g/mol. The molecule has 0 aliphatic carbocycles. The molecule has 0 radical (unpaired) electrons. The molecule has 2 heterocycles. The number of nitrogens with zero attached hydrogens (tertiary/aromatic N) is 1.